The second-order valence-corrected chi connectivity index (χ2v) is 7.47. The first kappa shape index (κ1) is 15.9. The first-order valence-electron chi connectivity index (χ1n) is 7.56. The number of thiazole rings is 1. The van der Waals surface area contributed by atoms with Crippen LogP contribution in [0, 0.1) is 0 Å². The average Bonchev–Trinajstić information content (AvgIpc) is 3.24. The van der Waals surface area contributed by atoms with Crippen molar-refractivity contribution in [2.24, 2.45) is 0 Å². The molecule has 0 fully saturated rings. The van der Waals surface area contributed by atoms with Crippen LogP contribution in [-0.4, -0.2) is 10.9 Å². The molecule has 0 atom stereocenters. The summed E-state index contributed by atoms with van der Waals surface area (Å²) in [5.41, 5.74) is 1.28. The first-order chi connectivity index (χ1) is 11.3. The highest BCUT2D eigenvalue weighted by Crippen LogP contribution is 2.17. The molecule has 0 aliphatic carbocycles. The van der Waals surface area contributed by atoms with Crippen molar-refractivity contribution in [2.75, 3.05) is 0 Å². The van der Waals surface area contributed by atoms with Crippen LogP contribution in [0.4, 0.5) is 0 Å². The number of amides is 1. The number of hydrogen-bond donors (Lipinski definition) is 1. The SMILES string of the molecule is O=C(CCc1cccs1)NCc1ncc(Cc2ccccc2)s1. The van der Waals surface area contributed by atoms with E-state index in [0.29, 0.717) is 13.0 Å². The quantitative estimate of drug-likeness (QED) is 0.704. The normalized spacial score (nSPS) is 10.6. The van der Waals surface area contributed by atoms with E-state index in [-0.39, 0.29) is 5.91 Å². The van der Waals surface area contributed by atoms with Crippen molar-refractivity contribution >= 4 is 28.6 Å². The van der Waals surface area contributed by atoms with E-state index in [1.807, 2.05) is 35.8 Å². The topological polar surface area (TPSA) is 42.0 Å². The Morgan fingerprint density at radius 3 is 2.74 bits per heavy atom. The van der Waals surface area contributed by atoms with Gasteiger partial charge in [-0.25, -0.2) is 4.98 Å². The lowest BCUT2D eigenvalue weighted by molar-refractivity contribution is -0.121. The third-order valence-corrected chi connectivity index (χ3v) is 5.37. The van der Waals surface area contributed by atoms with Crippen LogP contribution in [0.2, 0.25) is 0 Å². The van der Waals surface area contributed by atoms with Gasteiger partial charge in [0.1, 0.15) is 5.01 Å². The Morgan fingerprint density at radius 1 is 1.09 bits per heavy atom. The second kappa shape index (κ2) is 8.04. The molecule has 3 aromatic rings. The predicted molar refractivity (Wildman–Crippen MR) is 95.8 cm³/mol. The summed E-state index contributed by atoms with van der Waals surface area (Å²) < 4.78 is 0. The minimum atomic E-state index is 0.0817. The Hall–Kier alpha value is -1.98. The van der Waals surface area contributed by atoms with Gasteiger partial charge in [-0.1, -0.05) is 36.4 Å². The van der Waals surface area contributed by atoms with Crippen molar-refractivity contribution in [3.63, 3.8) is 0 Å². The molecule has 3 nitrogen and oxygen atoms in total. The smallest absolute Gasteiger partial charge is 0.220 e. The molecule has 0 spiro atoms. The molecule has 0 aliphatic rings. The van der Waals surface area contributed by atoms with Crippen LogP contribution >= 0.6 is 22.7 Å². The summed E-state index contributed by atoms with van der Waals surface area (Å²) in [4.78, 5) is 18.8. The van der Waals surface area contributed by atoms with Crippen LogP contribution in [0.15, 0.2) is 54.0 Å². The van der Waals surface area contributed by atoms with Gasteiger partial charge in [0.2, 0.25) is 5.91 Å². The van der Waals surface area contributed by atoms with Crippen molar-refractivity contribution in [1.82, 2.24) is 10.3 Å². The van der Waals surface area contributed by atoms with E-state index in [2.05, 4.69) is 28.5 Å². The molecule has 0 aliphatic heterocycles. The minimum Gasteiger partial charge on any atom is -0.350 e. The molecule has 1 amide bonds. The summed E-state index contributed by atoms with van der Waals surface area (Å²) in [7, 11) is 0. The van der Waals surface area contributed by atoms with Crippen LogP contribution in [-0.2, 0) is 24.2 Å². The Morgan fingerprint density at radius 2 is 1.96 bits per heavy atom. The Balaban J connectivity index is 1.44. The number of carbonyl (C=O) groups is 1. The van der Waals surface area contributed by atoms with E-state index in [9.17, 15) is 4.79 Å². The number of nitrogens with one attached hydrogen (secondary N) is 1. The summed E-state index contributed by atoms with van der Waals surface area (Å²) in [6, 6.07) is 14.4. The average molecular weight is 342 g/mol. The van der Waals surface area contributed by atoms with Gasteiger partial charge in [-0.15, -0.1) is 22.7 Å². The third-order valence-electron chi connectivity index (χ3n) is 3.44. The van der Waals surface area contributed by atoms with Crippen molar-refractivity contribution in [2.45, 2.75) is 25.8 Å². The number of thiophene rings is 1. The Kier molecular flexibility index (Phi) is 5.56. The molecule has 3 rings (SSSR count). The van der Waals surface area contributed by atoms with E-state index in [4.69, 9.17) is 0 Å². The molecule has 0 bridgehead atoms. The van der Waals surface area contributed by atoms with E-state index in [1.165, 1.54) is 15.3 Å². The fourth-order valence-corrected chi connectivity index (χ4v) is 3.87. The van der Waals surface area contributed by atoms with E-state index < -0.39 is 0 Å². The largest absolute Gasteiger partial charge is 0.350 e. The maximum Gasteiger partial charge on any atom is 0.220 e. The number of hydrogen-bond acceptors (Lipinski definition) is 4. The number of carbonyl (C=O) groups excluding carboxylic acids is 1. The van der Waals surface area contributed by atoms with Crippen LogP contribution < -0.4 is 5.32 Å². The van der Waals surface area contributed by atoms with Crippen molar-refractivity contribution in [3.05, 3.63) is 74.4 Å². The molecule has 118 valence electrons. The standard InChI is InChI=1S/C18H18N2OS2/c21-17(9-8-15-7-4-10-22-15)19-13-18-20-12-16(23-18)11-14-5-2-1-3-6-14/h1-7,10,12H,8-9,11,13H2,(H,19,21). The molecular weight excluding hydrogens is 324 g/mol. The number of aromatic nitrogens is 1. The van der Waals surface area contributed by atoms with Gasteiger partial charge >= 0.3 is 0 Å². The molecular formula is C18H18N2OS2. The molecule has 0 radical (unpaired) electrons. The molecule has 23 heavy (non-hydrogen) atoms. The molecule has 2 heterocycles. The third kappa shape index (κ3) is 5.01. The lowest BCUT2D eigenvalue weighted by atomic mass is 10.1. The molecule has 0 unspecified atom stereocenters. The number of aryl methyl sites for hydroxylation is 1. The van der Waals surface area contributed by atoms with Gasteiger partial charge in [-0.3, -0.25) is 4.79 Å². The van der Waals surface area contributed by atoms with Crippen LogP contribution in [0.3, 0.4) is 0 Å². The fraction of sp³-hybridized carbons (Fsp3) is 0.222. The maximum atomic E-state index is 11.9. The van der Waals surface area contributed by atoms with E-state index in [0.717, 1.165) is 17.8 Å². The monoisotopic (exact) mass is 342 g/mol. The van der Waals surface area contributed by atoms with Crippen LogP contribution in [0.1, 0.15) is 26.7 Å². The highest BCUT2D eigenvalue weighted by atomic mass is 32.1. The zero-order valence-corrected chi connectivity index (χ0v) is 14.3. The maximum absolute atomic E-state index is 11.9. The van der Waals surface area contributed by atoms with Gasteiger partial charge in [0.25, 0.3) is 0 Å². The van der Waals surface area contributed by atoms with Gasteiger partial charge in [-0.05, 0) is 23.4 Å². The zero-order chi connectivity index (χ0) is 15.9. The number of rotatable bonds is 7. The number of nitrogens with zero attached hydrogens (tertiary/aromatic N) is 1. The zero-order valence-electron chi connectivity index (χ0n) is 12.7. The molecule has 2 aromatic heterocycles. The summed E-state index contributed by atoms with van der Waals surface area (Å²) in [6.07, 6.45) is 4.14. The van der Waals surface area contributed by atoms with Gasteiger partial charge in [-0.2, -0.15) is 0 Å². The summed E-state index contributed by atoms with van der Waals surface area (Å²) in [5, 5.41) is 5.95. The van der Waals surface area contributed by atoms with Crippen LogP contribution in [0.25, 0.3) is 0 Å². The van der Waals surface area contributed by atoms with E-state index >= 15 is 0 Å². The molecule has 1 N–H and O–H groups in total. The van der Waals surface area contributed by atoms with Gasteiger partial charge in [0.15, 0.2) is 0 Å². The summed E-state index contributed by atoms with van der Waals surface area (Å²) in [6.45, 7) is 0.517. The molecule has 5 heteroatoms. The van der Waals surface area contributed by atoms with E-state index in [1.54, 1.807) is 22.7 Å². The number of benzene rings is 1. The Bertz CT molecular complexity index is 735. The van der Waals surface area contributed by atoms with Crippen molar-refractivity contribution in [3.8, 4) is 0 Å². The minimum absolute atomic E-state index is 0.0817. The highest BCUT2D eigenvalue weighted by Gasteiger charge is 2.06. The second-order valence-electron chi connectivity index (χ2n) is 5.24. The highest BCUT2D eigenvalue weighted by molar-refractivity contribution is 7.11. The van der Waals surface area contributed by atoms with Gasteiger partial charge < -0.3 is 5.32 Å². The lowest BCUT2D eigenvalue weighted by Crippen LogP contribution is -2.22. The summed E-state index contributed by atoms with van der Waals surface area (Å²) >= 11 is 3.36. The van der Waals surface area contributed by atoms with Crippen molar-refractivity contribution < 1.29 is 4.79 Å². The van der Waals surface area contributed by atoms with Gasteiger partial charge in [0, 0.05) is 28.8 Å². The first-order valence-corrected chi connectivity index (χ1v) is 9.26. The Labute approximate surface area is 144 Å². The molecule has 1 aromatic carbocycles. The van der Waals surface area contributed by atoms with Crippen LogP contribution in [0.5, 0.6) is 0 Å². The molecule has 0 saturated heterocycles. The molecule has 0 saturated carbocycles. The lowest BCUT2D eigenvalue weighted by Gasteiger charge is -2.02. The predicted octanol–water partition coefficient (Wildman–Crippen LogP) is 4.04. The summed E-state index contributed by atoms with van der Waals surface area (Å²) in [5.74, 6) is 0.0817. The van der Waals surface area contributed by atoms with Crippen molar-refractivity contribution in [1.29, 1.82) is 0 Å². The fourth-order valence-electron chi connectivity index (χ4n) is 2.26. The van der Waals surface area contributed by atoms with Gasteiger partial charge in [0.05, 0.1) is 6.54 Å².